The van der Waals surface area contributed by atoms with Crippen LogP contribution in [0.3, 0.4) is 0 Å². The van der Waals surface area contributed by atoms with Crippen molar-refractivity contribution in [2.24, 2.45) is 11.3 Å². The highest BCUT2D eigenvalue weighted by atomic mass is 32.2. The second-order valence-electron chi connectivity index (χ2n) is 6.65. The second-order valence-corrected chi connectivity index (χ2v) is 8.33. The number of ether oxygens (including phenoxy) is 1. The number of carbonyl (C=O) groups is 1. The third-order valence-electron chi connectivity index (χ3n) is 4.70. The summed E-state index contributed by atoms with van der Waals surface area (Å²) in [6.07, 6.45) is 2.29. The van der Waals surface area contributed by atoms with E-state index >= 15 is 0 Å². The molecule has 2 aromatic carbocycles. The molecule has 0 aromatic heterocycles. The minimum atomic E-state index is -3.95. The molecule has 136 valence electrons. The summed E-state index contributed by atoms with van der Waals surface area (Å²) in [6, 6.07) is 15.7. The molecule has 0 bridgehead atoms. The molecule has 0 radical (unpaired) electrons. The number of carbonyl (C=O) groups excluding carboxylic acids is 1. The Morgan fingerprint density at radius 3 is 2.65 bits per heavy atom. The van der Waals surface area contributed by atoms with Gasteiger partial charge in [-0.3, -0.25) is 4.79 Å². The van der Waals surface area contributed by atoms with Gasteiger partial charge in [0, 0.05) is 6.07 Å². The van der Waals surface area contributed by atoms with Gasteiger partial charge in [0.1, 0.15) is 12.4 Å². The highest BCUT2D eigenvalue weighted by Crippen LogP contribution is 2.53. The third-order valence-corrected chi connectivity index (χ3v) is 6.03. The Labute approximate surface area is 153 Å². The molecular formula is C20H21NO4S. The van der Waals surface area contributed by atoms with Crippen LogP contribution in [0.4, 0.5) is 0 Å². The van der Waals surface area contributed by atoms with Gasteiger partial charge < -0.3 is 4.74 Å². The van der Waals surface area contributed by atoms with Crippen LogP contribution in [-0.2, 0) is 21.4 Å². The highest BCUT2D eigenvalue weighted by molar-refractivity contribution is 7.90. The molecule has 1 aliphatic rings. The summed E-state index contributed by atoms with van der Waals surface area (Å²) in [5, 5.41) is 0. The maximum absolute atomic E-state index is 12.5. The van der Waals surface area contributed by atoms with E-state index in [4.69, 9.17) is 4.74 Å². The molecule has 1 amide bonds. The number of nitrogens with one attached hydrogen (secondary N) is 1. The molecule has 0 unspecified atom stereocenters. The lowest BCUT2D eigenvalue weighted by molar-refractivity contribution is -0.124. The van der Waals surface area contributed by atoms with Crippen LogP contribution in [0.1, 0.15) is 18.9 Å². The fraction of sp³-hybridized carbons (Fsp3) is 0.250. The van der Waals surface area contributed by atoms with Gasteiger partial charge in [0.05, 0.1) is 10.3 Å². The van der Waals surface area contributed by atoms with Gasteiger partial charge in [-0.25, -0.2) is 13.1 Å². The zero-order chi connectivity index (χ0) is 18.8. The lowest BCUT2D eigenvalue weighted by Crippen LogP contribution is -2.36. The quantitative estimate of drug-likeness (QED) is 0.758. The predicted octanol–water partition coefficient (Wildman–Crippen LogP) is 3.28. The van der Waals surface area contributed by atoms with Gasteiger partial charge in [0.15, 0.2) is 0 Å². The summed E-state index contributed by atoms with van der Waals surface area (Å²) in [6.45, 7) is 5.74. The Balaban J connectivity index is 1.70. The van der Waals surface area contributed by atoms with Gasteiger partial charge in [-0.2, -0.15) is 0 Å². The van der Waals surface area contributed by atoms with Crippen molar-refractivity contribution in [3.05, 3.63) is 72.8 Å². The van der Waals surface area contributed by atoms with Crippen LogP contribution in [-0.4, -0.2) is 14.3 Å². The monoisotopic (exact) mass is 371 g/mol. The molecule has 1 N–H and O–H groups in total. The number of rotatable bonds is 7. The van der Waals surface area contributed by atoms with Crippen LogP contribution in [0, 0.1) is 11.3 Å². The van der Waals surface area contributed by atoms with E-state index in [1.54, 1.807) is 25.1 Å². The molecule has 1 saturated carbocycles. The van der Waals surface area contributed by atoms with Gasteiger partial charge >= 0.3 is 0 Å². The third kappa shape index (κ3) is 3.80. The summed E-state index contributed by atoms with van der Waals surface area (Å²) < 4.78 is 32.9. The number of allylic oxidation sites excluding steroid dienone is 1. The number of amides is 1. The van der Waals surface area contributed by atoms with E-state index in [1.165, 1.54) is 12.1 Å². The molecule has 26 heavy (non-hydrogen) atoms. The van der Waals surface area contributed by atoms with Gasteiger partial charge in [0.25, 0.3) is 10.0 Å². The van der Waals surface area contributed by atoms with E-state index in [1.807, 2.05) is 30.3 Å². The number of hydrogen-bond donors (Lipinski definition) is 1. The second kappa shape index (κ2) is 6.96. The number of hydrogen-bond acceptors (Lipinski definition) is 4. The van der Waals surface area contributed by atoms with Gasteiger partial charge in [-0.05, 0) is 30.0 Å². The van der Waals surface area contributed by atoms with Crippen LogP contribution < -0.4 is 9.46 Å². The summed E-state index contributed by atoms with van der Waals surface area (Å²) in [5.41, 5.74) is 0.280. The zero-order valence-corrected chi connectivity index (χ0v) is 15.3. The molecule has 6 heteroatoms. The molecule has 1 aliphatic carbocycles. The van der Waals surface area contributed by atoms with Crippen molar-refractivity contribution in [1.82, 2.24) is 4.72 Å². The van der Waals surface area contributed by atoms with E-state index in [0.717, 1.165) is 5.56 Å². The minimum absolute atomic E-state index is 0.00388. The van der Waals surface area contributed by atoms with Crippen LogP contribution in [0.2, 0.25) is 0 Å². The van der Waals surface area contributed by atoms with Crippen molar-refractivity contribution in [1.29, 1.82) is 0 Å². The Morgan fingerprint density at radius 2 is 2.00 bits per heavy atom. The predicted molar refractivity (Wildman–Crippen MR) is 99.0 cm³/mol. The van der Waals surface area contributed by atoms with Gasteiger partial charge in [-0.15, -0.1) is 6.58 Å². The maximum Gasteiger partial charge on any atom is 0.264 e. The lowest BCUT2D eigenvalue weighted by Gasteiger charge is -2.13. The summed E-state index contributed by atoms with van der Waals surface area (Å²) >= 11 is 0. The van der Waals surface area contributed by atoms with E-state index in [0.29, 0.717) is 18.8 Å². The number of benzene rings is 2. The average Bonchev–Trinajstić information content (AvgIpc) is 3.33. The first kappa shape index (κ1) is 18.2. The van der Waals surface area contributed by atoms with Crippen molar-refractivity contribution in [2.75, 3.05) is 0 Å². The minimum Gasteiger partial charge on any atom is -0.489 e. The topological polar surface area (TPSA) is 72.5 Å². The van der Waals surface area contributed by atoms with E-state index in [9.17, 15) is 13.2 Å². The van der Waals surface area contributed by atoms with Crippen LogP contribution in [0.5, 0.6) is 5.75 Å². The Bertz CT molecular complexity index is 924. The molecular weight excluding hydrogens is 350 g/mol. The van der Waals surface area contributed by atoms with Crippen molar-refractivity contribution in [3.63, 3.8) is 0 Å². The maximum atomic E-state index is 12.5. The molecule has 2 atom stereocenters. The zero-order valence-electron chi connectivity index (χ0n) is 14.5. The SMILES string of the molecule is C=C[C@@H]1C[C@]1(C)C(=O)NS(=O)(=O)c1cccc(OCc2ccccc2)c1. The van der Waals surface area contributed by atoms with Gasteiger partial charge in [-0.1, -0.05) is 49.4 Å². The first-order valence-electron chi connectivity index (χ1n) is 8.32. The van der Waals surface area contributed by atoms with Crippen LogP contribution >= 0.6 is 0 Å². The largest absolute Gasteiger partial charge is 0.489 e. The van der Waals surface area contributed by atoms with Crippen molar-refractivity contribution >= 4 is 15.9 Å². The summed E-state index contributed by atoms with van der Waals surface area (Å²) in [7, 11) is -3.95. The van der Waals surface area contributed by atoms with E-state index in [-0.39, 0.29) is 10.8 Å². The molecule has 0 aliphatic heterocycles. The number of sulfonamides is 1. The van der Waals surface area contributed by atoms with Gasteiger partial charge in [0.2, 0.25) is 5.91 Å². The van der Waals surface area contributed by atoms with Crippen LogP contribution in [0.25, 0.3) is 0 Å². The first-order chi connectivity index (χ1) is 12.3. The van der Waals surface area contributed by atoms with Crippen molar-refractivity contribution in [3.8, 4) is 5.75 Å². The Kier molecular flexibility index (Phi) is 4.87. The molecule has 2 aromatic rings. The van der Waals surface area contributed by atoms with E-state index in [2.05, 4.69) is 11.3 Å². The summed E-state index contributed by atoms with van der Waals surface area (Å²) in [4.78, 5) is 12.3. The molecule has 0 heterocycles. The average molecular weight is 371 g/mol. The van der Waals surface area contributed by atoms with Crippen molar-refractivity contribution < 1.29 is 17.9 Å². The lowest BCUT2D eigenvalue weighted by atomic mass is 10.1. The molecule has 5 nitrogen and oxygen atoms in total. The molecule has 0 spiro atoms. The smallest absolute Gasteiger partial charge is 0.264 e. The Hall–Kier alpha value is -2.60. The molecule has 1 fully saturated rings. The highest BCUT2D eigenvalue weighted by Gasteiger charge is 2.55. The van der Waals surface area contributed by atoms with E-state index < -0.39 is 21.3 Å². The van der Waals surface area contributed by atoms with Crippen LogP contribution in [0.15, 0.2) is 72.1 Å². The first-order valence-corrected chi connectivity index (χ1v) is 9.80. The Morgan fingerprint density at radius 1 is 1.27 bits per heavy atom. The normalized spacial score (nSPS) is 21.7. The molecule has 0 saturated heterocycles. The summed E-state index contributed by atoms with van der Waals surface area (Å²) in [5.74, 6) is -0.0676. The fourth-order valence-electron chi connectivity index (χ4n) is 2.77. The molecule has 3 rings (SSSR count). The van der Waals surface area contributed by atoms with Crippen molar-refractivity contribution in [2.45, 2.75) is 24.8 Å². The fourth-order valence-corrected chi connectivity index (χ4v) is 3.90. The standard InChI is InChI=1S/C20H21NO4S/c1-3-16-13-20(16,2)19(22)21-26(23,24)18-11-7-10-17(12-18)25-14-15-8-5-4-6-9-15/h3-12,16H,1,13-14H2,2H3,(H,21,22)/t16-,20+/m1/s1.